The van der Waals surface area contributed by atoms with Crippen LogP contribution in [0.2, 0.25) is 0 Å². The number of hydrogen-bond donors (Lipinski definition) is 0. The fourth-order valence-electron chi connectivity index (χ4n) is 2.65. The molecular weight excluding hydrogens is 332 g/mol. The molecule has 3 aromatic carbocycles. The molecule has 0 saturated heterocycles. The molecule has 0 nitrogen and oxygen atoms in total. The first-order chi connectivity index (χ1) is 10.9. The third kappa shape index (κ3) is 3.20. The van der Waals surface area contributed by atoms with Crippen molar-refractivity contribution in [1.82, 2.24) is 0 Å². The fraction of sp³-hybridized carbons (Fsp3) is 0.0476. The van der Waals surface area contributed by atoms with Crippen molar-refractivity contribution in [3.05, 3.63) is 108 Å². The molecule has 3 rings (SSSR count). The minimum Gasteiger partial charge on any atom is -0.0876 e. The standard InChI is InChI=1S/C21H17Br/c22-16-20(17-10-4-1-5-11-17)21(18-12-6-2-7-13-18)19-14-8-3-9-15-19/h1-15H,16H2. The third-order valence-corrected chi connectivity index (χ3v) is 4.24. The summed E-state index contributed by atoms with van der Waals surface area (Å²) >= 11 is 3.69. The predicted octanol–water partition coefficient (Wildman–Crippen LogP) is 6.04. The van der Waals surface area contributed by atoms with Crippen LogP contribution < -0.4 is 0 Å². The van der Waals surface area contributed by atoms with Crippen LogP contribution in [0, 0.1) is 0 Å². The van der Waals surface area contributed by atoms with E-state index in [1.54, 1.807) is 0 Å². The molecule has 0 aromatic heterocycles. The van der Waals surface area contributed by atoms with Crippen molar-refractivity contribution >= 4 is 27.1 Å². The largest absolute Gasteiger partial charge is 0.0876 e. The van der Waals surface area contributed by atoms with Gasteiger partial charge in [-0.2, -0.15) is 0 Å². The molecule has 0 spiro atoms. The number of hydrogen-bond acceptors (Lipinski definition) is 0. The number of alkyl halides is 1. The van der Waals surface area contributed by atoms with Gasteiger partial charge in [0.1, 0.15) is 0 Å². The average Bonchev–Trinajstić information content (AvgIpc) is 2.62. The van der Waals surface area contributed by atoms with Crippen molar-refractivity contribution in [2.24, 2.45) is 0 Å². The molecule has 0 N–H and O–H groups in total. The SMILES string of the molecule is BrCC(=C(c1ccccc1)c1ccccc1)c1ccccc1. The van der Waals surface area contributed by atoms with Crippen LogP contribution in [0.1, 0.15) is 16.7 Å². The van der Waals surface area contributed by atoms with E-state index in [9.17, 15) is 0 Å². The second-order valence-corrected chi connectivity index (χ2v) is 5.65. The van der Waals surface area contributed by atoms with Gasteiger partial charge in [0.2, 0.25) is 0 Å². The first kappa shape index (κ1) is 14.8. The van der Waals surface area contributed by atoms with Crippen molar-refractivity contribution in [3.8, 4) is 0 Å². The number of halogens is 1. The van der Waals surface area contributed by atoms with Gasteiger partial charge in [0, 0.05) is 5.33 Å². The molecule has 0 amide bonds. The zero-order valence-corrected chi connectivity index (χ0v) is 13.8. The first-order valence-corrected chi connectivity index (χ1v) is 8.47. The lowest BCUT2D eigenvalue weighted by atomic mass is 9.90. The Morgan fingerprint density at radius 1 is 0.545 bits per heavy atom. The molecule has 0 fully saturated rings. The van der Waals surface area contributed by atoms with Gasteiger partial charge in [0.05, 0.1) is 0 Å². The topological polar surface area (TPSA) is 0 Å². The monoisotopic (exact) mass is 348 g/mol. The summed E-state index contributed by atoms with van der Waals surface area (Å²) < 4.78 is 0. The summed E-state index contributed by atoms with van der Waals surface area (Å²) in [5.41, 5.74) is 6.32. The van der Waals surface area contributed by atoms with E-state index in [0.717, 1.165) is 5.33 Å². The van der Waals surface area contributed by atoms with E-state index < -0.39 is 0 Å². The van der Waals surface area contributed by atoms with Crippen molar-refractivity contribution in [2.75, 3.05) is 5.33 Å². The van der Waals surface area contributed by atoms with Crippen LogP contribution in [0.3, 0.4) is 0 Å². The second kappa shape index (κ2) is 7.24. The first-order valence-electron chi connectivity index (χ1n) is 7.35. The van der Waals surface area contributed by atoms with Crippen molar-refractivity contribution in [2.45, 2.75) is 0 Å². The van der Waals surface area contributed by atoms with Crippen molar-refractivity contribution in [1.29, 1.82) is 0 Å². The van der Waals surface area contributed by atoms with E-state index in [1.165, 1.54) is 27.8 Å². The smallest absolute Gasteiger partial charge is 0.0295 e. The molecule has 0 saturated carbocycles. The van der Waals surface area contributed by atoms with Gasteiger partial charge in [-0.15, -0.1) is 0 Å². The molecule has 0 heterocycles. The molecular formula is C21H17Br. The van der Waals surface area contributed by atoms with Crippen LogP contribution >= 0.6 is 15.9 Å². The van der Waals surface area contributed by atoms with E-state index in [-0.39, 0.29) is 0 Å². The normalized spacial score (nSPS) is 10.2. The van der Waals surface area contributed by atoms with Gasteiger partial charge >= 0.3 is 0 Å². The molecule has 3 aromatic rings. The number of benzene rings is 3. The Hall–Kier alpha value is -2.12. The highest BCUT2D eigenvalue weighted by Gasteiger charge is 2.12. The molecule has 0 unspecified atom stereocenters. The predicted molar refractivity (Wildman–Crippen MR) is 99.0 cm³/mol. The van der Waals surface area contributed by atoms with Crippen LogP contribution in [0.5, 0.6) is 0 Å². The number of allylic oxidation sites excluding steroid dienone is 1. The van der Waals surface area contributed by atoms with Crippen molar-refractivity contribution in [3.63, 3.8) is 0 Å². The minimum atomic E-state index is 0.816. The van der Waals surface area contributed by atoms with Crippen LogP contribution in [0.15, 0.2) is 91.0 Å². The molecule has 0 aliphatic carbocycles. The van der Waals surface area contributed by atoms with Gasteiger partial charge in [0.15, 0.2) is 0 Å². The maximum absolute atomic E-state index is 3.69. The highest BCUT2D eigenvalue weighted by atomic mass is 79.9. The Kier molecular flexibility index (Phi) is 4.87. The minimum absolute atomic E-state index is 0.816. The zero-order chi connectivity index (χ0) is 15.2. The molecule has 0 bridgehead atoms. The van der Waals surface area contributed by atoms with Crippen LogP contribution in [0.25, 0.3) is 11.1 Å². The Morgan fingerprint density at radius 2 is 0.909 bits per heavy atom. The summed E-state index contributed by atoms with van der Waals surface area (Å²) in [6.07, 6.45) is 0. The molecule has 0 radical (unpaired) electrons. The lowest BCUT2D eigenvalue weighted by Crippen LogP contribution is -1.96. The van der Waals surface area contributed by atoms with Gasteiger partial charge in [-0.3, -0.25) is 0 Å². The van der Waals surface area contributed by atoms with E-state index in [1.807, 2.05) is 0 Å². The molecule has 0 atom stereocenters. The molecule has 108 valence electrons. The van der Waals surface area contributed by atoms with Crippen LogP contribution in [-0.2, 0) is 0 Å². The number of rotatable bonds is 4. The maximum atomic E-state index is 3.69. The maximum Gasteiger partial charge on any atom is 0.0295 e. The van der Waals surface area contributed by atoms with Gasteiger partial charge in [-0.05, 0) is 27.8 Å². The summed E-state index contributed by atoms with van der Waals surface area (Å²) in [6.45, 7) is 0. The summed E-state index contributed by atoms with van der Waals surface area (Å²) in [5.74, 6) is 0. The van der Waals surface area contributed by atoms with E-state index in [0.29, 0.717) is 0 Å². The Morgan fingerprint density at radius 3 is 1.27 bits per heavy atom. The van der Waals surface area contributed by atoms with E-state index in [4.69, 9.17) is 0 Å². The van der Waals surface area contributed by atoms with Crippen LogP contribution in [-0.4, -0.2) is 5.33 Å². The molecule has 0 aliphatic heterocycles. The Labute approximate surface area is 140 Å². The fourth-order valence-corrected chi connectivity index (χ4v) is 3.26. The zero-order valence-electron chi connectivity index (χ0n) is 12.2. The molecule has 22 heavy (non-hydrogen) atoms. The third-order valence-electron chi connectivity index (χ3n) is 3.68. The average molecular weight is 349 g/mol. The van der Waals surface area contributed by atoms with Gasteiger partial charge in [-0.25, -0.2) is 0 Å². The Balaban J connectivity index is 2.27. The summed E-state index contributed by atoms with van der Waals surface area (Å²) in [7, 11) is 0. The van der Waals surface area contributed by atoms with Gasteiger partial charge in [-0.1, -0.05) is 107 Å². The second-order valence-electron chi connectivity index (χ2n) is 5.09. The lowest BCUT2D eigenvalue weighted by molar-refractivity contribution is 1.51. The van der Waals surface area contributed by atoms with Crippen LogP contribution in [0.4, 0.5) is 0 Å². The van der Waals surface area contributed by atoms with Gasteiger partial charge in [0.25, 0.3) is 0 Å². The molecule has 0 aliphatic rings. The van der Waals surface area contributed by atoms with E-state index >= 15 is 0 Å². The quantitative estimate of drug-likeness (QED) is 0.398. The van der Waals surface area contributed by atoms with Crippen molar-refractivity contribution < 1.29 is 0 Å². The summed E-state index contributed by atoms with van der Waals surface area (Å²) in [5, 5.41) is 0.816. The lowest BCUT2D eigenvalue weighted by Gasteiger charge is -2.15. The van der Waals surface area contributed by atoms with Gasteiger partial charge < -0.3 is 0 Å². The molecule has 1 heteroatoms. The summed E-state index contributed by atoms with van der Waals surface area (Å²) in [6, 6.07) is 31.8. The highest BCUT2D eigenvalue weighted by Crippen LogP contribution is 2.33. The summed E-state index contributed by atoms with van der Waals surface area (Å²) in [4.78, 5) is 0. The Bertz CT molecular complexity index is 702. The van der Waals surface area contributed by atoms with E-state index in [2.05, 4.69) is 107 Å². The highest BCUT2D eigenvalue weighted by molar-refractivity contribution is 9.09.